The maximum absolute atomic E-state index is 13.6. The first-order valence-corrected chi connectivity index (χ1v) is 5.68. The van der Waals surface area contributed by atoms with Gasteiger partial charge < -0.3 is 5.32 Å². The van der Waals surface area contributed by atoms with Crippen LogP contribution in [0.3, 0.4) is 0 Å². The number of nitrogens with zero attached hydrogens (tertiary/aromatic N) is 3. The Labute approximate surface area is 109 Å². The Morgan fingerprint density at radius 2 is 2.16 bits per heavy atom. The van der Waals surface area contributed by atoms with Crippen molar-refractivity contribution in [3.63, 3.8) is 0 Å². The van der Waals surface area contributed by atoms with Gasteiger partial charge in [-0.25, -0.2) is 4.39 Å². The van der Waals surface area contributed by atoms with Gasteiger partial charge in [-0.2, -0.15) is 0 Å². The second-order valence-corrected chi connectivity index (χ2v) is 4.18. The summed E-state index contributed by atoms with van der Waals surface area (Å²) in [5, 5.41) is 17.7. The maximum atomic E-state index is 13.6. The van der Waals surface area contributed by atoms with Gasteiger partial charge in [0.05, 0.1) is 11.0 Å². The molecule has 0 aliphatic rings. The van der Waals surface area contributed by atoms with E-state index >= 15 is 0 Å². The van der Waals surface area contributed by atoms with E-state index in [1.165, 1.54) is 16.9 Å². The predicted octanol–water partition coefficient (Wildman–Crippen LogP) is 2.64. The molecule has 100 valence electrons. The normalized spacial score (nSPS) is 12.2. The molecule has 2 rings (SSSR count). The van der Waals surface area contributed by atoms with Crippen LogP contribution in [-0.2, 0) is 7.05 Å². The van der Waals surface area contributed by atoms with E-state index in [-0.39, 0.29) is 17.3 Å². The van der Waals surface area contributed by atoms with Crippen LogP contribution in [0.2, 0.25) is 0 Å². The number of benzene rings is 1. The summed E-state index contributed by atoms with van der Waals surface area (Å²) in [6.07, 6.45) is 1.30. The van der Waals surface area contributed by atoms with Crippen LogP contribution in [0.1, 0.15) is 18.5 Å². The fraction of sp³-hybridized carbons (Fsp3) is 0.250. The third kappa shape index (κ3) is 2.70. The smallest absolute Gasteiger partial charge is 0.330 e. The number of hydrogen-bond acceptors (Lipinski definition) is 4. The third-order valence-electron chi connectivity index (χ3n) is 2.73. The largest absolute Gasteiger partial charge is 0.356 e. The van der Waals surface area contributed by atoms with E-state index in [0.29, 0.717) is 5.56 Å². The first kappa shape index (κ1) is 13.0. The zero-order valence-electron chi connectivity index (χ0n) is 10.5. The van der Waals surface area contributed by atoms with E-state index in [1.807, 2.05) is 0 Å². The zero-order valence-corrected chi connectivity index (χ0v) is 10.5. The van der Waals surface area contributed by atoms with Gasteiger partial charge in [-0.3, -0.25) is 14.8 Å². The molecule has 1 atom stereocenters. The molecule has 0 amide bonds. The van der Waals surface area contributed by atoms with Crippen molar-refractivity contribution in [3.05, 3.63) is 52.0 Å². The molecular formula is C12H13FN4O2. The number of halogens is 1. The minimum Gasteiger partial charge on any atom is -0.356 e. The Bertz CT molecular complexity index is 612. The van der Waals surface area contributed by atoms with Gasteiger partial charge in [0.25, 0.3) is 0 Å². The maximum Gasteiger partial charge on any atom is 0.330 e. The Morgan fingerprint density at radius 1 is 1.47 bits per heavy atom. The fourth-order valence-electron chi connectivity index (χ4n) is 1.82. The van der Waals surface area contributed by atoms with Crippen molar-refractivity contribution in [2.45, 2.75) is 13.0 Å². The van der Waals surface area contributed by atoms with Gasteiger partial charge in [0.1, 0.15) is 12.0 Å². The SMILES string of the molecule is CC(Nc1nn(C)cc1[N+](=O)[O-])c1ccccc1F. The quantitative estimate of drug-likeness (QED) is 0.680. The van der Waals surface area contributed by atoms with Crippen molar-refractivity contribution in [2.75, 3.05) is 5.32 Å². The van der Waals surface area contributed by atoms with Crippen LogP contribution < -0.4 is 5.32 Å². The van der Waals surface area contributed by atoms with Crippen molar-refractivity contribution in [3.8, 4) is 0 Å². The molecule has 6 nitrogen and oxygen atoms in total. The molecule has 1 unspecified atom stereocenters. The number of anilines is 1. The highest BCUT2D eigenvalue weighted by atomic mass is 19.1. The number of rotatable bonds is 4. The van der Waals surface area contributed by atoms with Crippen LogP contribution in [-0.4, -0.2) is 14.7 Å². The van der Waals surface area contributed by atoms with Crippen LogP contribution in [0, 0.1) is 15.9 Å². The molecule has 1 aromatic carbocycles. The molecule has 0 aliphatic heterocycles. The Kier molecular flexibility index (Phi) is 3.46. The summed E-state index contributed by atoms with van der Waals surface area (Å²) in [4.78, 5) is 10.3. The van der Waals surface area contributed by atoms with E-state index in [4.69, 9.17) is 0 Å². The lowest BCUT2D eigenvalue weighted by Crippen LogP contribution is -2.10. The predicted molar refractivity (Wildman–Crippen MR) is 68.3 cm³/mol. The second-order valence-electron chi connectivity index (χ2n) is 4.18. The first-order chi connectivity index (χ1) is 8.99. The standard InChI is InChI=1S/C12H13FN4O2/c1-8(9-5-3-4-6-10(9)13)14-12-11(17(18)19)7-16(2)15-12/h3-8H,1-2H3,(H,14,15). The highest BCUT2D eigenvalue weighted by molar-refractivity contribution is 5.55. The summed E-state index contributed by atoms with van der Waals surface area (Å²) >= 11 is 0. The van der Waals surface area contributed by atoms with Crippen LogP contribution in [0.4, 0.5) is 15.9 Å². The van der Waals surface area contributed by atoms with Gasteiger partial charge in [-0.05, 0) is 13.0 Å². The summed E-state index contributed by atoms with van der Waals surface area (Å²) < 4.78 is 14.9. The third-order valence-corrected chi connectivity index (χ3v) is 2.73. The molecule has 0 bridgehead atoms. The average molecular weight is 264 g/mol. The number of hydrogen-bond donors (Lipinski definition) is 1. The van der Waals surface area contributed by atoms with Crippen molar-refractivity contribution >= 4 is 11.5 Å². The molecular weight excluding hydrogens is 251 g/mol. The Morgan fingerprint density at radius 3 is 2.79 bits per heavy atom. The minimum atomic E-state index is -0.524. The average Bonchev–Trinajstić information content (AvgIpc) is 2.70. The lowest BCUT2D eigenvalue weighted by Gasteiger charge is -2.13. The molecule has 1 N–H and O–H groups in total. The highest BCUT2D eigenvalue weighted by Crippen LogP contribution is 2.27. The number of aromatic nitrogens is 2. The van der Waals surface area contributed by atoms with Gasteiger partial charge in [0.15, 0.2) is 0 Å². The van der Waals surface area contributed by atoms with Crippen molar-refractivity contribution in [2.24, 2.45) is 7.05 Å². The summed E-state index contributed by atoms with van der Waals surface area (Å²) in [5.74, 6) is -0.232. The van der Waals surface area contributed by atoms with E-state index in [2.05, 4.69) is 10.4 Å². The molecule has 1 aromatic heterocycles. The summed E-state index contributed by atoms with van der Waals surface area (Å²) in [7, 11) is 1.59. The summed E-state index contributed by atoms with van der Waals surface area (Å²) in [5.41, 5.74) is 0.299. The van der Waals surface area contributed by atoms with Crippen LogP contribution in [0.25, 0.3) is 0 Å². The molecule has 7 heteroatoms. The van der Waals surface area contributed by atoms with Gasteiger partial charge in [0.2, 0.25) is 5.82 Å². The first-order valence-electron chi connectivity index (χ1n) is 5.68. The Hall–Kier alpha value is -2.44. The second kappa shape index (κ2) is 5.05. The lowest BCUT2D eigenvalue weighted by molar-refractivity contribution is -0.384. The zero-order chi connectivity index (χ0) is 14.0. The van der Waals surface area contributed by atoms with Crippen LogP contribution >= 0.6 is 0 Å². The van der Waals surface area contributed by atoms with Gasteiger partial charge in [-0.15, -0.1) is 5.10 Å². The van der Waals surface area contributed by atoms with Crippen molar-refractivity contribution in [1.82, 2.24) is 9.78 Å². The lowest BCUT2D eigenvalue weighted by atomic mass is 10.1. The molecule has 0 saturated carbocycles. The number of nitrogens with one attached hydrogen (secondary N) is 1. The van der Waals surface area contributed by atoms with Gasteiger partial charge in [-0.1, -0.05) is 18.2 Å². The van der Waals surface area contributed by atoms with E-state index in [9.17, 15) is 14.5 Å². The molecule has 2 aromatic rings. The minimum absolute atomic E-state index is 0.128. The highest BCUT2D eigenvalue weighted by Gasteiger charge is 2.21. The molecule has 0 spiro atoms. The van der Waals surface area contributed by atoms with Gasteiger partial charge in [0, 0.05) is 12.6 Å². The Balaban J connectivity index is 2.27. The van der Waals surface area contributed by atoms with E-state index < -0.39 is 11.0 Å². The molecule has 0 radical (unpaired) electrons. The molecule has 1 heterocycles. The molecule has 0 aliphatic carbocycles. The van der Waals surface area contributed by atoms with E-state index in [1.54, 1.807) is 32.2 Å². The van der Waals surface area contributed by atoms with Crippen LogP contribution in [0.15, 0.2) is 30.5 Å². The summed E-state index contributed by atoms with van der Waals surface area (Å²) in [6.45, 7) is 1.72. The number of nitro groups is 1. The molecule has 19 heavy (non-hydrogen) atoms. The van der Waals surface area contributed by atoms with Crippen molar-refractivity contribution < 1.29 is 9.31 Å². The van der Waals surface area contributed by atoms with E-state index in [0.717, 1.165) is 0 Å². The van der Waals surface area contributed by atoms with Gasteiger partial charge >= 0.3 is 5.69 Å². The summed E-state index contributed by atoms with van der Waals surface area (Å²) in [6, 6.07) is 5.86. The molecule has 0 fully saturated rings. The number of aryl methyl sites for hydroxylation is 1. The topological polar surface area (TPSA) is 73.0 Å². The fourth-order valence-corrected chi connectivity index (χ4v) is 1.82. The van der Waals surface area contributed by atoms with Crippen LogP contribution in [0.5, 0.6) is 0 Å². The van der Waals surface area contributed by atoms with Crippen molar-refractivity contribution in [1.29, 1.82) is 0 Å². The molecule has 0 saturated heterocycles. The monoisotopic (exact) mass is 264 g/mol.